The first-order valence-electron chi connectivity index (χ1n) is 9.72. The Hall–Kier alpha value is -3.45. The molecule has 4 N–H and O–H groups in total. The van der Waals surface area contributed by atoms with Gasteiger partial charge in [0.15, 0.2) is 5.69 Å². The van der Waals surface area contributed by atoms with E-state index in [0.717, 1.165) is 12.5 Å². The van der Waals surface area contributed by atoms with Crippen LogP contribution in [0.1, 0.15) is 53.5 Å². The molecule has 10 heteroatoms. The number of amides is 1. The Morgan fingerprint density at radius 2 is 2.10 bits per heavy atom. The highest BCUT2D eigenvalue weighted by atomic mass is 19.1. The lowest BCUT2D eigenvalue weighted by Gasteiger charge is -2.28. The van der Waals surface area contributed by atoms with E-state index < -0.39 is 29.6 Å². The predicted molar refractivity (Wildman–Crippen MR) is 107 cm³/mol. The summed E-state index contributed by atoms with van der Waals surface area (Å²) in [5.41, 5.74) is 6.31. The van der Waals surface area contributed by atoms with Crippen molar-refractivity contribution < 1.29 is 23.5 Å². The van der Waals surface area contributed by atoms with E-state index in [2.05, 4.69) is 15.3 Å². The van der Waals surface area contributed by atoms with E-state index in [1.807, 2.05) is 6.92 Å². The molecule has 0 saturated heterocycles. The Morgan fingerprint density at radius 1 is 1.35 bits per heavy atom. The van der Waals surface area contributed by atoms with Crippen LogP contribution in [-0.4, -0.2) is 39.0 Å². The van der Waals surface area contributed by atoms with E-state index in [0.29, 0.717) is 36.8 Å². The highest BCUT2D eigenvalue weighted by Crippen LogP contribution is 2.25. The molecule has 1 aliphatic rings. The van der Waals surface area contributed by atoms with Gasteiger partial charge in [-0.1, -0.05) is 13.3 Å². The van der Waals surface area contributed by atoms with E-state index in [9.17, 15) is 18.4 Å². The van der Waals surface area contributed by atoms with E-state index in [1.165, 1.54) is 18.5 Å². The lowest BCUT2D eigenvalue weighted by Crippen LogP contribution is -2.45. The third-order valence-corrected chi connectivity index (χ3v) is 4.80. The molecule has 164 valence electrons. The summed E-state index contributed by atoms with van der Waals surface area (Å²) in [7, 11) is 0. The van der Waals surface area contributed by atoms with Crippen molar-refractivity contribution in [3.05, 3.63) is 58.7 Å². The molecule has 1 aromatic heterocycles. The van der Waals surface area contributed by atoms with Crippen molar-refractivity contribution in [1.29, 1.82) is 5.26 Å². The van der Waals surface area contributed by atoms with Gasteiger partial charge in [-0.25, -0.2) is 18.7 Å². The Kier molecular flexibility index (Phi) is 8.52. The molecule has 3 rings (SSSR count). The van der Waals surface area contributed by atoms with Crippen molar-refractivity contribution >= 4 is 11.9 Å². The predicted octanol–water partition coefficient (Wildman–Crippen LogP) is 2.11. The number of primary amides is 1. The van der Waals surface area contributed by atoms with Crippen LogP contribution in [0.5, 0.6) is 0 Å². The number of aliphatic carboxylic acids is 1. The van der Waals surface area contributed by atoms with Gasteiger partial charge in [-0.3, -0.25) is 9.59 Å². The maximum Gasteiger partial charge on any atom is 0.320 e. The zero-order valence-corrected chi connectivity index (χ0v) is 16.9. The van der Waals surface area contributed by atoms with Crippen molar-refractivity contribution in [2.24, 2.45) is 5.73 Å². The largest absolute Gasteiger partial charge is 0.480 e. The number of fused-ring (bicyclic) bond motifs is 1. The molecule has 1 aromatic carbocycles. The van der Waals surface area contributed by atoms with Gasteiger partial charge in [0.2, 0.25) is 0 Å². The first kappa shape index (κ1) is 23.8. The average Bonchev–Trinajstić information content (AvgIpc) is 2.74. The Morgan fingerprint density at radius 3 is 2.65 bits per heavy atom. The van der Waals surface area contributed by atoms with Gasteiger partial charge in [0.25, 0.3) is 5.91 Å². The molecule has 2 unspecified atom stereocenters. The molecule has 0 bridgehead atoms. The number of benzene rings is 1. The fraction of sp³-hybridized carbons (Fsp3) is 0.381. The first-order valence-corrected chi connectivity index (χ1v) is 9.72. The minimum atomic E-state index is -0.878. The zero-order chi connectivity index (χ0) is 23.0. The van der Waals surface area contributed by atoms with Gasteiger partial charge in [-0.15, -0.1) is 0 Å². The number of carbonyl (C=O) groups is 2. The molecule has 0 radical (unpaired) electrons. The Bertz CT molecular complexity index is 976. The SMILES string of the molecule is CCCC(NC1CCc2cc(F)cc(F)c2C1)C(=O)O.N#Cc1cnc(C(N)=O)cn1. The van der Waals surface area contributed by atoms with Gasteiger partial charge >= 0.3 is 5.97 Å². The summed E-state index contributed by atoms with van der Waals surface area (Å²) >= 11 is 0. The Labute approximate surface area is 178 Å². The maximum absolute atomic E-state index is 13.8. The third kappa shape index (κ3) is 6.79. The fourth-order valence-corrected chi connectivity index (χ4v) is 3.29. The molecule has 2 atom stereocenters. The van der Waals surface area contributed by atoms with Crippen molar-refractivity contribution in [1.82, 2.24) is 15.3 Å². The van der Waals surface area contributed by atoms with Crippen molar-refractivity contribution in [2.75, 3.05) is 0 Å². The molecule has 1 amide bonds. The molecule has 1 heterocycles. The molecular weight excluding hydrogens is 408 g/mol. The molecule has 0 saturated carbocycles. The molecular formula is C21H23F2N5O3. The average molecular weight is 431 g/mol. The van der Waals surface area contributed by atoms with Crippen LogP contribution in [0.25, 0.3) is 0 Å². The van der Waals surface area contributed by atoms with Gasteiger partial charge in [0.05, 0.1) is 12.4 Å². The van der Waals surface area contributed by atoms with E-state index in [1.54, 1.807) is 6.07 Å². The van der Waals surface area contributed by atoms with Crippen molar-refractivity contribution in [3.8, 4) is 6.07 Å². The highest BCUT2D eigenvalue weighted by molar-refractivity contribution is 5.90. The molecule has 8 nitrogen and oxygen atoms in total. The van der Waals surface area contributed by atoms with Gasteiger partial charge in [0.1, 0.15) is 29.4 Å². The number of nitrogens with one attached hydrogen (secondary N) is 1. The molecule has 0 aliphatic heterocycles. The molecule has 31 heavy (non-hydrogen) atoms. The summed E-state index contributed by atoms with van der Waals surface area (Å²) < 4.78 is 26.9. The second-order valence-corrected chi connectivity index (χ2v) is 7.07. The van der Waals surface area contributed by atoms with Crippen LogP contribution in [0, 0.1) is 23.0 Å². The molecule has 1 aliphatic carbocycles. The lowest BCUT2D eigenvalue weighted by atomic mass is 9.87. The number of hydrogen-bond donors (Lipinski definition) is 3. The first-order chi connectivity index (χ1) is 14.7. The van der Waals surface area contributed by atoms with Gasteiger partial charge < -0.3 is 16.2 Å². The number of carbonyl (C=O) groups excluding carboxylic acids is 1. The second kappa shape index (κ2) is 11.1. The van der Waals surface area contributed by atoms with Crippen LogP contribution in [0.4, 0.5) is 8.78 Å². The van der Waals surface area contributed by atoms with E-state index in [-0.39, 0.29) is 17.4 Å². The summed E-state index contributed by atoms with van der Waals surface area (Å²) in [6, 6.07) is 3.35. The number of nitrogens with two attached hydrogens (primary N) is 1. The minimum absolute atomic E-state index is 0.0593. The topological polar surface area (TPSA) is 142 Å². The monoisotopic (exact) mass is 431 g/mol. The Balaban J connectivity index is 0.000000262. The maximum atomic E-state index is 13.8. The van der Waals surface area contributed by atoms with Crippen molar-refractivity contribution in [3.63, 3.8) is 0 Å². The standard InChI is InChI=1S/C15H19F2NO2.C6H4N4O/c1-2-3-14(15(19)20)18-11-5-4-9-6-10(16)7-13(17)12(9)8-11;7-1-4-2-10-5(3-9-4)6(8)11/h6-7,11,14,18H,2-5,8H2,1H3,(H,19,20);2-3H,(H2,8,11). The number of aromatic nitrogens is 2. The summed E-state index contributed by atoms with van der Waals surface area (Å²) in [4.78, 5) is 28.8. The van der Waals surface area contributed by atoms with Crippen LogP contribution in [0.2, 0.25) is 0 Å². The van der Waals surface area contributed by atoms with E-state index in [4.69, 9.17) is 16.1 Å². The van der Waals surface area contributed by atoms with Crippen molar-refractivity contribution in [2.45, 2.75) is 51.1 Å². The number of hydrogen-bond acceptors (Lipinski definition) is 6. The number of aryl methyl sites for hydroxylation is 1. The zero-order valence-electron chi connectivity index (χ0n) is 16.9. The normalized spacial score (nSPS) is 15.6. The van der Waals surface area contributed by atoms with Crippen LogP contribution in [0.3, 0.4) is 0 Å². The fourth-order valence-electron chi connectivity index (χ4n) is 3.29. The number of carboxylic acids is 1. The lowest BCUT2D eigenvalue weighted by molar-refractivity contribution is -0.139. The quantitative estimate of drug-likeness (QED) is 0.636. The third-order valence-electron chi connectivity index (χ3n) is 4.80. The van der Waals surface area contributed by atoms with Crippen LogP contribution < -0.4 is 11.1 Å². The highest BCUT2D eigenvalue weighted by Gasteiger charge is 2.26. The van der Waals surface area contributed by atoms with Gasteiger partial charge in [-0.2, -0.15) is 5.26 Å². The van der Waals surface area contributed by atoms with Gasteiger partial charge in [-0.05, 0) is 42.9 Å². The van der Waals surface area contributed by atoms with Crippen LogP contribution in [-0.2, 0) is 17.6 Å². The molecule has 0 fully saturated rings. The number of nitriles is 1. The van der Waals surface area contributed by atoms with Crippen LogP contribution >= 0.6 is 0 Å². The number of halogens is 2. The summed E-state index contributed by atoms with van der Waals surface area (Å²) in [5, 5.41) is 20.5. The summed E-state index contributed by atoms with van der Waals surface area (Å²) in [5.74, 6) is -2.62. The van der Waals surface area contributed by atoms with Crippen LogP contribution in [0.15, 0.2) is 24.5 Å². The number of carboxylic acid groups (broad SMARTS) is 1. The van der Waals surface area contributed by atoms with E-state index >= 15 is 0 Å². The molecule has 2 aromatic rings. The second-order valence-electron chi connectivity index (χ2n) is 7.07. The number of nitrogens with zero attached hydrogens (tertiary/aromatic N) is 3. The summed E-state index contributed by atoms with van der Waals surface area (Å²) in [6.45, 7) is 1.93. The number of rotatable bonds is 6. The summed E-state index contributed by atoms with van der Waals surface area (Å²) in [6.07, 6.45) is 5.36. The minimum Gasteiger partial charge on any atom is -0.480 e. The smallest absolute Gasteiger partial charge is 0.320 e. The molecule has 0 spiro atoms. The van der Waals surface area contributed by atoms with Gasteiger partial charge in [0, 0.05) is 12.1 Å².